The average Bonchev–Trinajstić information content (AvgIpc) is 2.90. The van der Waals surface area contributed by atoms with E-state index in [9.17, 15) is 19.8 Å². The number of carboxylic acid groups (broad SMARTS) is 1. The van der Waals surface area contributed by atoms with Gasteiger partial charge in [-0.1, -0.05) is 55.5 Å². The second kappa shape index (κ2) is 13.2. The highest BCUT2D eigenvalue weighted by Gasteiger charge is 2.39. The fourth-order valence-electron chi connectivity index (χ4n) is 3.03. The molecule has 1 rings (SSSR count). The Morgan fingerprint density at radius 1 is 1.15 bits per heavy atom. The minimum absolute atomic E-state index is 0.0785. The number of hydrogen-bond donors (Lipinski definition) is 3. The van der Waals surface area contributed by atoms with Gasteiger partial charge in [0.1, 0.15) is 5.78 Å². The molecule has 4 atom stereocenters. The van der Waals surface area contributed by atoms with Gasteiger partial charge in [0.15, 0.2) is 0 Å². The van der Waals surface area contributed by atoms with E-state index < -0.39 is 18.2 Å². The van der Waals surface area contributed by atoms with E-state index in [2.05, 4.69) is 0 Å². The first-order valence-electron chi connectivity index (χ1n) is 9.69. The van der Waals surface area contributed by atoms with Crippen molar-refractivity contribution in [1.82, 2.24) is 0 Å². The van der Waals surface area contributed by atoms with Crippen molar-refractivity contribution in [2.24, 2.45) is 11.8 Å². The molecule has 1 aliphatic carbocycles. The molecule has 0 saturated heterocycles. The summed E-state index contributed by atoms with van der Waals surface area (Å²) < 4.78 is 0. The van der Waals surface area contributed by atoms with E-state index in [4.69, 9.17) is 5.11 Å². The number of hydrogen-bond acceptors (Lipinski definition) is 4. The van der Waals surface area contributed by atoms with Gasteiger partial charge in [0.05, 0.1) is 12.2 Å². The number of carboxylic acids is 1. The van der Waals surface area contributed by atoms with Crippen LogP contribution in [-0.4, -0.2) is 39.3 Å². The third-order valence-corrected chi connectivity index (χ3v) is 4.67. The molecule has 5 heteroatoms. The van der Waals surface area contributed by atoms with Gasteiger partial charge in [-0.25, -0.2) is 0 Å². The zero-order valence-electron chi connectivity index (χ0n) is 16.0. The lowest BCUT2D eigenvalue weighted by Crippen LogP contribution is -2.18. The van der Waals surface area contributed by atoms with E-state index in [1.165, 1.54) is 0 Å². The van der Waals surface area contributed by atoms with Crippen LogP contribution in [0.15, 0.2) is 48.6 Å². The molecule has 1 saturated carbocycles. The number of aliphatic hydroxyl groups excluding tert-OH is 2. The van der Waals surface area contributed by atoms with Crippen molar-refractivity contribution in [3.8, 4) is 0 Å². The van der Waals surface area contributed by atoms with Gasteiger partial charge >= 0.3 is 5.97 Å². The molecule has 0 bridgehead atoms. The van der Waals surface area contributed by atoms with Crippen molar-refractivity contribution in [2.45, 2.75) is 64.1 Å². The molecule has 0 aromatic carbocycles. The van der Waals surface area contributed by atoms with Crippen LogP contribution < -0.4 is 0 Å². The fourth-order valence-corrected chi connectivity index (χ4v) is 3.03. The summed E-state index contributed by atoms with van der Waals surface area (Å²) in [5.41, 5.74) is 0. The molecule has 5 nitrogen and oxygen atoms in total. The van der Waals surface area contributed by atoms with Crippen molar-refractivity contribution >= 4 is 11.8 Å². The largest absolute Gasteiger partial charge is 0.481 e. The van der Waals surface area contributed by atoms with Crippen LogP contribution in [0.2, 0.25) is 0 Å². The first-order valence-corrected chi connectivity index (χ1v) is 9.69. The van der Waals surface area contributed by atoms with Crippen LogP contribution in [0.4, 0.5) is 0 Å². The Bertz CT molecular complexity index is 573. The maximum absolute atomic E-state index is 12.1. The van der Waals surface area contributed by atoms with Gasteiger partial charge in [0, 0.05) is 24.7 Å². The summed E-state index contributed by atoms with van der Waals surface area (Å²) in [6, 6.07) is 0. The van der Waals surface area contributed by atoms with Gasteiger partial charge in [-0.05, 0) is 32.1 Å². The number of ketones is 1. The fraction of sp³-hybridized carbons (Fsp3) is 0.545. The SMILES string of the molecule is CC[C@H](O)/C=C/[C@@H]1[C@H](O)CC(=O)[C@@H]1C/C=C\C/C=C\C/C=C\CCC(=O)O. The quantitative estimate of drug-likeness (QED) is 0.453. The molecule has 0 spiro atoms. The summed E-state index contributed by atoms with van der Waals surface area (Å²) >= 11 is 0. The Labute approximate surface area is 161 Å². The monoisotopic (exact) mass is 376 g/mol. The van der Waals surface area contributed by atoms with Crippen molar-refractivity contribution in [1.29, 1.82) is 0 Å². The van der Waals surface area contributed by atoms with Crippen molar-refractivity contribution in [3.05, 3.63) is 48.6 Å². The van der Waals surface area contributed by atoms with Gasteiger partial charge in [0.2, 0.25) is 0 Å². The second-order valence-electron chi connectivity index (χ2n) is 6.84. The van der Waals surface area contributed by atoms with E-state index >= 15 is 0 Å². The maximum atomic E-state index is 12.1. The summed E-state index contributed by atoms with van der Waals surface area (Å²) in [7, 11) is 0. The van der Waals surface area contributed by atoms with Gasteiger partial charge < -0.3 is 15.3 Å². The predicted molar refractivity (Wildman–Crippen MR) is 106 cm³/mol. The first-order chi connectivity index (χ1) is 13.0. The average molecular weight is 376 g/mol. The summed E-state index contributed by atoms with van der Waals surface area (Å²) in [4.78, 5) is 22.5. The molecular formula is C22H32O5. The van der Waals surface area contributed by atoms with E-state index in [0.717, 1.165) is 12.8 Å². The third kappa shape index (κ3) is 9.50. The first kappa shape index (κ1) is 23.1. The smallest absolute Gasteiger partial charge is 0.303 e. The number of aliphatic carboxylic acids is 1. The predicted octanol–water partition coefficient (Wildman–Crippen LogP) is 3.58. The lowest BCUT2D eigenvalue weighted by Gasteiger charge is -2.16. The Hall–Kier alpha value is -1.98. The number of carbonyl (C=O) groups excluding carboxylic acids is 1. The van der Waals surface area contributed by atoms with Gasteiger partial charge in [0.25, 0.3) is 0 Å². The molecular weight excluding hydrogens is 344 g/mol. The normalized spacial score (nSPS) is 24.9. The van der Waals surface area contributed by atoms with Crippen LogP contribution in [0.5, 0.6) is 0 Å². The number of Topliss-reactive ketones (excluding diaryl/α,β-unsaturated/α-hetero) is 1. The molecule has 0 unspecified atom stereocenters. The van der Waals surface area contributed by atoms with Crippen LogP contribution in [0.3, 0.4) is 0 Å². The molecule has 0 aliphatic heterocycles. The molecule has 1 aliphatic rings. The highest BCUT2D eigenvalue weighted by molar-refractivity contribution is 5.84. The standard InChI is InChI=1S/C22H32O5/c1-2-17(23)14-15-19-18(20(24)16-21(19)25)12-10-8-6-4-3-5-7-9-11-13-22(26)27/h3-4,7-10,14-15,17-19,21,23,25H,2,5-6,11-13,16H2,1H3,(H,26,27)/b4-3-,9-7-,10-8-,15-14+/t17-,18+,19-,21+/m0/s1. The second-order valence-corrected chi connectivity index (χ2v) is 6.84. The van der Waals surface area contributed by atoms with E-state index in [-0.39, 0.29) is 30.5 Å². The molecule has 0 aromatic rings. The lowest BCUT2D eigenvalue weighted by atomic mass is 9.90. The van der Waals surface area contributed by atoms with Crippen molar-refractivity contribution < 1.29 is 24.9 Å². The molecule has 0 radical (unpaired) electrons. The summed E-state index contributed by atoms with van der Waals surface area (Å²) in [5, 5.41) is 28.2. The van der Waals surface area contributed by atoms with E-state index in [1.54, 1.807) is 12.2 Å². The Balaban J connectivity index is 2.35. The number of allylic oxidation sites excluding steroid dienone is 6. The highest BCUT2D eigenvalue weighted by Crippen LogP contribution is 2.33. The molecule has 27 heavy (non-hydrogen) atoms. The van der Waals surface area contributed by atoms with Crippen LogP contribution in [0.25, 0.3) is 0 Å². The zero-order chi connectivity index (χ0) is 20.1. The van der Waals surface area contributed by atoms with Gasteiger partial charge in [-0.15, -0.1) is 0 Å². The molecule has 0 heterocycles. The van der Waals surface area contributed by atoms with Crippen molar-refractivity contribution in [2.75, 3.05) is 0 Å². The molecule has 150 valence electrons. The lowest BCUT2D eigenvalue weighted by molar-refractivity contribution is -0.136. The van der Waals surface area contributed by atoms with Crippen LogP contribution >= 0.6 is 0 Å². The number of carbonyl (C=O) groups is 2. The van der Waals surface area contributed by atoms with E-state index in [0.29, 0.717) is 19.3 Å². The molecule has 0 amide bonds. The Morgan fingerprint density at radius 3 is 2.41 bits per heavy atom. The summed E-state index contributed by atoms with van der Waals surface area (Å²) in [6.07, 6.45) is 17.7. The third-order valence-electron chi connectivity index (χ3n) is 4.67. The minimum atomic E-state index is -0.784. The van der Waals surface area contributed by atoms with Gasteiger partial charge in [-0.3, -0.25) is 9.59 Å². The van der Waals surface area contributed by atoms with E-state index in [1.807, 2.05) is 43.4 Å². The highest BCUT2D eigenvalue weighted by atomic mass is 16.4. The molecule has 1 fully saturated rings. The molecule has 3 N–H and O–H groups in total. The number of aliphatic hydroxyl groups is 2. The topological polar surface area (TPSA) is 94.8 Å². The summed E-state index contributed by atoms with van der Waals surface area (Å²) in [5.74, 6) is -1.16. The van der Waals surface area contributed by atoms with Crippen LogP contribution in [0, 0.1) is 11.8 Å². The maximum Gasteiger partial charge on any atom is 0.303 e. The minimum Gasteiger partial charge on any atom is -0.481 e. The Kier molecular flexibility index (Phi) is 11.3. The molecule has 0 aromatic heterocycles. The van der Waals surface area contributed by atoms with Gasteiger partial charge in [-0.2, -0.15) is 0 Å². The Morgan fingerprint density at radius 2 is 1.78 bits per heavy atom. The summed E-state index contributed by atoms with van der Waals surface area (Å²) in [6.45, 7) is 1.88. The van der Waals surface area contributed by atoms with Crippen LogP contribution in [0.1, 0.15) is 51.9 Å². The number of rotatable bonds is 12. The van der Waals surface area contributed by atoms with Crippen molar-refractivity contribution in [3.63, 3.8) is 0 Å². The van der Waals surface area contributed by atoms with Crippen LogP contribution in [-0.2, 0) is 9.59 Å². The zero-order valence-corrected chi connectivity index (χ0v) is 16.0.